The molecule has 1 heterocycles. The van der Waals surface area contributed by atoms with Crippen molar-refractivity contribution in [3.63, 3.8) is 0 Å². The van der Waals surface area contributed by atoms with Crippen LogP contribution in [0.2, 0.25) is 0 Å². The van der Waals surface area contributed by atoms with Crippen LogP contribution >= 0.6 is 15.9 Å². The number of hydrogen-bond acceptors (Lipinski definition) is 3. The van der Waals surface area contributed by atoms with Crippen LogP contribution in [0.4, 0.5) is 0 Å². The molecule has 1 unspecified atom stereocenters. The zero-order chi connectivity index (χ0) is 15.2. The smallest absolute Gasteiger partial charge is 0.119 e. The predicted molar refractivity (Wildman–Crippen MR) is 88.9 cm³/mol. The average molecular weight is 352 g/mol. The monoisotopic (exact) mass is 351 g/mol. The number of nitrogens with one attached hydrogen (secondary N) is 1. The second-order valence-corrected chi connectivity index (χ2v) is 5.78. The lowest BCUT2D eigenvalue weighted by atomic mass is 9.98. The van der Waals surface area contributed by atoms with Gasteiger partial charge in [0.1, 0.15) is 11.5 Å². The van der Waals surface area contributed by atoms with E-state index in [1.807, 2.05) is 12.1 Å². The minimum Gasteiger partial charge on any atom is -0.497 e. The van der Waals surface area contributed by atoms with Crippen molar-refractivity contribution in [3.05, 3.63) is 51.9 Å². The van der Waals surface area contributed by atoms with E-state index < -0.39 is 0 Å². The highest BCUT2D eigenvalue weighted by Gasteiger charge is 2.18. The summed E-state index contributed by atoms with van der Waals surface area (Å²) in [4.78, 5) is 0. The fraction of sp³-hybridized carbons (Fsp3) is 0.412. The van der Waals surface area contributed by atoms with E-state index in [-0.39, 0.29) is 6.04 Å². The van der Waals surface area contributed by atoms with Crippen LogP contribution in [0, 0.1) is 0 Å². The summed E-state index contributed by atoms with van der Waals surface area (Å²) in [6.45, 7) is 5.16. The molecular weight excluding hydrogens is 330 g/mol. The summed E-state index contributed by atoms with van der Waals surface area (Å²) in [6, 6.07) is 8.39. The molecule has 0 saturated carbocycles. The van der Waals surface area contributed by atoms with Crippen LogP contribution in [0.15, 0.2) is 39.4 Å². The summed E-state index contributed by atoms with van der Waals surface area (Å²) < 4.78 is 12.0. The Bertz CT molecular complexity index is 580. The molecule has 1 aromatic carbocycles. The highest BCUT2D eigenvalue weighted by atomic mass is 79.9. The van der Waals surface area contributed by atoms with Gasteiger partial charge in [-0.1, -0.05) is 29.8 Å². The molecule has 1 atom stereocenters. The quantitative estimate of drug-likeness (QED) is 0.796. The van der Waals surface area contributed by atoms with E-state index in [0.717, 1.165) is 35.4 Å². The van der Waals surface area contributed by atoms with E-state index in [2.05, 4.69) is 47.2 Å². The van der Waals surface area contributed by atoms with Crippen LogP contribution in [0.25, 0.3) is 0 Å². The third kappa shape index (κ3) is 3.89. The summed E-state index contributed by atoms with van der Waals surface area (Å²) in [5, 5.41) is 3.55. The van der Waals surface area contributed by atoms with Gasteiger partial charge in [-0.2, -0.15) is 0 Å². The molecule has 0 aliphatic heterocycles. The summed E-state index contributed by atoms with van der Waals surface area (Å²) in [6.07, 6.45) is 3.57. The van der Waals surface area contributed by atoms with Crippen LogP contribution < -0.4 is 10.1 Å². The van der Waals surface area contributed by atoms with Crippen molar-refractivity contribution in [3.8, 4) is 5.75 Å². The lowest BCUT2D eigenvalue weighted by molar-refractivity contribution is 0.413. The Hall–Kier alpha value is -1.26. The van der Waals surface area contributed by atoms with Crippen molar-refractivity contribution in [2.24, 2.45) is 0 Å². The summed E-state index contributed by atoms with van der Waals surface area (Å²) in [7, 11) is 1.69. The lowest BCUT2D eigenvalue weighted by Gasteiger charge is -2.19. The first-order chi connectivity index (χ1) is 10.2. The molecule has 1 N–H and O–H groups in total. The highest BCUT2D eigenvalue weighted by Crippen LogP contribution is 2.29. The van der Waals surface area contributed by atoms with Gasteiger partial charge in [-0.25, -0.2) is 0 Å². The molecule has 1 aromatic heterocycles. The van der Waals surface area contributed by atoms with Crippen molar-refractivity contribution in [2.45, 2.75) is 32.7 Å². The van der Waals surface area contributed by atoms with Gasteiger partial charge in [0.2, 0.25) is 0 Å². The van der Waals surface area contributed by atoms with E-state index in [1.165, 1.54) is 11.1 Å². The fourth-order valence-electron chi connectivity index (χ4n) is 2.54. The molecule has 21 heavy (non-hydrogen) atoms. The minimum atomic E-state index is 0.243. The molecule has 2 rings (SSSR count). The van der Waals surface area contributed by atoms with E-state index in [0.29, 0.717) is 0 Å². The number of likely N-dealkylation sites (N-methyl/N-ethyl adjacent to an activating group) is 1. The van der Waals surface area contributed by atoms with Crippen molar-refractivity contribution >= 4 is 15.9 Å². The van der Waals surface area contributed by atoms with Crippen molar-refractivity contribution < 1.29 is 9.15 Å². The van der Waals surface area contributed by atoms with E-state index >= 15 is 0 Å². The van der Waals surface area contributed by atoms with Gasteiger partial charge in [-0.3, -0.25) is 0 Å². The molecule has 0 bridgehead atoms. The molecule has 0 fully saturated rings. The van der Waals surface area contributed by atoms with E-state index in [1.54, 1.807) is 13.4 Å². The Morgan fingerprint density at radius 3 is 2.76 bits per heavy atom. The molecule has 0 spiro atoms. The first-order valence-corrected chi connectivity index (χ1v) is 8.10. The number of hydrogen-bond donors (Lipinski definition) is 1. The first-order valence-electron chi connectivity index (χ1n) is 7.31. The van der Waals surface area contributed by atoms with Crippen LogP contribution in [0.5, 0.6) is 5.75 Å². The lowest BCUT2D eigenvalue weighted by Crippen LogP contribution is -2.23. The fourth-order valence-corrected chi connectivity index (χ4v) is 2.95. The van der Waals surface area contributed by atoms with Gasteiger partial charge in [0.15, 0.2) is 0 Å². The summed E-state index contributed by atoms with van der Waals surface area (Å²) in [5.41, 5.74) is 2.47. The summed E-state index contributed by atoms with van der Waals surface area (Å²) in [5.74, 6) is 1.94. The number of ether oxygens (including phenoxy) is 1. The van der Waals surface area contributed by atoms with E-state index in [9.17, 15) is 0 Å². The van der Waals surface area contributed by atoms with Crippen LogP contribution in [-0.2, 0) is 12.8 Å². The van der Waals surface area contributed by atoms with Crippen molar-refractivity contribution in [1.29, 1.82) is 0 Å². The van der Waals surface area contributed by atoms with Crippen LogP contribution in [-0.4, -0.2) is 13.7 Å². The maximum absolute atomic E-state index is 5.58. The van der Waals surface area contributed by atoms with Crippen molar-refractivity contribution in [1.82, 2.24) is 5.32 Å². The molecule has 0 aliphatic rings. The summed E-state index contributed by atoms with van der Waals surface area (Å²) >= 11 is 3.63. The number of furan rings is 1. The van der Waals surface area contributed by atoms with Gasteiger partial charge in [-0.15, -0.1) is 0 Å². The molecule has 3 nitrogen and oxygen atoms in total. The van der Waals surface area contributed by atoms with Gasteiger partial charge in [-0.05, 0) is 42.8 Å². The second kappa shape index (κ2) is 7.66. The maximum atomic E-state index is 5.58. The number of aryl methyl sites for hydroxylation is 1. The number of halogens is 1. The average Bonchev–Trinajstić information content (AvgIpc) is 2.97. The Morgan fingerprint density at radius 1 is 1.29 bits per heavy atom. The number of rotatable bonds is 7. The second-order valence-electron chi connectivity index (χ2n) is 4.92. The molecule has 0 radical (unpaired) electrons. The standard InChI is InChI=1S/C17H22BrNO2/c1-4-17-14(8-9-21-17)16(19-5-2)11-12-10-13(20-3)6-7-15(12)18/h6-10,16,19H,4-5,11H2,1-3H3. The Labute approximate surface area is 134 Å². The number of methoxy groups -OCH3 is 1. The molecule has 0 aliphatic carbocycles. The Morgan fingerprint density at radius 2 is 2.10 bits per heavy atom. The Kier molecular flexibility index (Phi) is 5.88. The topological polar surface area (TPSA) is 34.4 Å². The van der Waals surface area contributed by atoms with Gasteiger partial charge in [0.05, 0.1) is 13.4 Å². The molecule has 0 amide bonds. The first kappa shape index (κ1) is 16.1. The van der Waals surface area contributed by atoms with Gasteiger partial charge in [0, 0.05) is 22.5 Å². The van der Waals surface area contributed by atoms with Gasteiger partial charge in [0.25, 0.3) is 0 Å². The molecule has 2 aromatic rings. The zero-order valence-corrected chi connectivity index (χ0v) is 14.4. The number of benzene rings is 1. The van der Waals surface area contributed by atoms with Crippen molar-refractivity contribution in [2.75, 3.05) is 13.7 Å². The SMILES string of the molecule is CCNC(Cc1cc(OC)ccc1Br)c1ccoc1CC. The molecule has 0 saturated heterocycles. The van der Waals surface area contributed by atoms with Gasteiger partial charge < -0.3 is 14.5 Å². The molecular formula is C17H22BrNO2. The Balaban J connectivity index is 2.28. The van der Waals surface area contributed by atoms with E-state index in [4.69, 9.17) is 9.15 Å². The molecule has 4 heteroatoms. The predicted octanol–water partition coefficient (Wildman–Crippen LogP) is 4.51. The minimum absolute atomic E-state index is 0.243. The van der Waals surface area contributed by atoms with Crippen LogP contribution in [0.3, 0.4) is 0 Å². The zero-order valence-electron chi connectivity index (χ0n) is 12.8. The largest absolute Gasteiger partial charge is 0.497 e. The molecule has 114 valence electrons. The highest BCUT2D eigenvalue weighted by molar-refractivity contribution is 9.10. The van der Waals surface area contributed by atoms with Gasteiger partial charge >= 0.3 is 0 Å². The van der Waals surface area contributed by atoms with Crippen LogP contribution in [0.1, 0.15) is 36.8 Å². The third-order valence-electron chi connectivity index (χ3n) is 3.60. The maximum Gasteiger partial charge on any atom is 0.119 e. The normalized spacial score (nSPS) is 12.4. The third-order valence-corrected chi connectivity index (χ3v) is 4.38.